The molecule has 15 heavy (non-hydrogen) atoms. The number of nitrogens with zero attached hydrogens (tertiary/aromatic N) is 3. The van der Waals surface area contributed by atoms with Crippen LogP contribution < -0.4 is 0 Å². The number of carboxylic acids is 1. The Balaban J connectivity index is 2.91. The largest absolute Gasteiger partial charge is 0.480 e. The van der Waals surface area contributed by atoms with Crippen LogP contribution >= 0.6 is 0 Å². The van der Waals surface area contributed by atoms with Gasteiger partial charge in [0.25, 0.3) is 0 Å². The van der Waals surface area contributed by atoms with Gasteiger partial charge in [-0.2, -0.15) is 5.10 Å². The molecule has 8 heteroatoms. The normalized spacial score (nSPS) is 13.7. The van der Waals surface area contributed by atoms with Gasteiger partial charge in [0, 0.05) is 7.05 Å². The number of aromatic nitrogens is 3. The lowest BCUT2D eigenvalue weighted by Gasteiger charge is -2.07. The van der Waals surface area contributed by atoms with Gasteiger partial charge in [-0.05, 0) is 6.92 Å². The molecule has 1 atom stereocenters. The number of hydrogen-bond acceptors (Lipinski definition) is 5. The van der Waals surface area contributed by atoms with Crippen molar-refractivity contribution in [3.05, 3.63) is 12.2 Å². The van der Waals surface area contributed by atoms with E-state index in [4.69, 9.17) is 5.11 Å². The Kier molecular flexibility index (Phi) is 3.08. The summed E-state index contributed by atoms with van der Waals surface area (Å²) in [6, 6.07) is 0. The highest BCUT2D eigenvalue weighted by Crippen LogP contribution is 2.08. The first-order valence-electron chi connectivity index (χ1n) is 4.12. The van der Waals surface area contributed by atoms with Crippen molar-refractivity contribution in [2.75, 3.05) is 0 Å². The fourth-order valence-corrected chi connectivity index (χ4v) is 2.09. The number of sulfone groups is 1. The second kappa shape index (κ2) is 3.97. The van der Waals surface area contributed by atoms with Crippen LogP contribution in [-0.2, 0) is 27.4 Å². The molecule has 0 spiro atoms. The van der Waals surface area contributed by atoms with Crippen LogP contribution in [0.15, 0.2) is 6.33 Å². The van der Waals surface area contributed by atoms with Gasteiger partial charge in [0.1, 0.15) is 17.9 Å². The fraction of sp³-hybridized carbons (Fsp3) is 0.571. The van der Waals surface area contributed by atoms with E-state index >= 15 is 0 Å². The molecule has 1 aromatic heterocycles. The second-order valence-corrected chi connectivity index (χ2v) is 5.41. The summed E-state index contributed by atoms with van der Waals surface area (Å²) in [5.41, 5.74) is 0. The zero-order valence-electron chi connectivity index (χ0n) is 8.28. The van der Waals surface area contributed by atoms with Gasteiger partial charge in [-0.15, -0.1) is 0 Å². The lowest BCUT2D eigenvalue weighted by Crippen LogP contribution is -2.28. The molecule has 0 amide bonds. The van der Waals surface area contributed by atoms with Crippen LogP contribution in [0.3, 0.4) is 0 Å². The van der Waals surface area contributed by atoms with E-state index in [1.165, 1.54) is 11.0 Å². The SMILES string of the molecule is CC(C(=O)O)S(=O)(=O)Cc1ncnn1C. The Hall–Kier alpha value is -1.44. The zero-order valence-corrected chi connectivity index (χ0v) is 9.10. The molecular formula is C7H11N3O4S. The highest BCUT2D eigenvalue weighted by atomic mass is 32.2. The van der Waals surface area contributed by atoms with Crippen LogP contribution in [0.1, 0.15) is 12.7 Å². The summed E-state index contributed by atoms with van der Waals surface area (Å²) in [6.07, 6.45) is 1.22. The first-order chi connectivity index (χ1) is 6.84. The van der Waals surface area contributed by atoms with E-state index < -0.39 is 26.8 Å². The quantitative estimate of drug-likeness (QED) is 0.730. The van der Waals surface area contributed by atoms with E-state index in [0.29, 0.717) is 0 Å². The molecule has 1 N–H and O–H groups in total. The van der Waals surface area contributed by atoms with Crippen LogP contribution in [0.5, 0.6) is 0 Å². The molecular weight excluding hydrogens is 222 g/mol. The molecule has 1 aromatic rings. The monoisotopic (exact) mass is 233 g/mol. The fourth-order valence-electron chi connectivity index (χ4n) is 0.909. The van der Waals surface area contributed by atoms with Gasteiger partial charge in [0.15, 0.2) is 15.1 Å². The molecule has 7 nitrogen and oxygen atoms in total. The Labute approximate surface area is 86.7 Å². The number of aliphatic carboxylic acids is 1. The van der Waals surface area contributed by atoms with E-state index in [9.17, 15) is 13.2 Å². The molecule has 0 bridgehead atoms. The van der Waals surface area contributed by atoms with Crippen LogP contribution in [0.4, 0.5) is 0 Å². The minimum atomic E-state index is -3.73. The summed E-state index contributed by atoms with van der Waals surface area (Å²) < 4.78 is 24.4. The Morgan fingerprint density at radius 2 is 2.27 bits per heavy atom. The van der Waals surface area contributed by atoms with Crippen LogP contribution in [0.25, 0.3) is 0 Å². The Bertz CT molecular complexity index is 464. The summed E-state index contributed by atoms with van der Waals surface area (Å²) in [7, 11) is -2.18. The van der Waals surface area contributed by atoms with E-state index in [1.807, 2.05) is 0 Å². The van der Waals surface area contributed by atoms with E-state index in [0.717, 1.165) is 6.92 Å². The summed E-state index contributed by atoms with van der Waals surface area (Å²) in [5, 5.41) is 10.9. The standard InChI is InChI=1S/C7H11N3O4S/c1-5(7(11)12)15(13,14)3-6-8-4-9-10(6)2/h4-5H,3H2,1-2H3,(H,11,12). The van der Waals surface area contributed by atoms with E-state index in [-0.39, 0.29) is 5.82 Å². The van der Waals surface area contributed by atoms with Crippen molar-refractivity contribution in [1.82, 2.24) is 14.8 Å². The van der Waals surface area contributed by atoms with Gasteiger partial charge in [-0.3, -0.25) is 9.48 Å². The molecule has 0 aliphatic carbocycles. The van der Waals surface area contributed by atoms with Crippen molar-refractivity contribution in [3.63, 3.8) is 0 Å². The minimum Gasteiger partial charge on any atom is -0.480 e. The molecule has 0 saturated carbocycles. The summed E-state index contributed by atoms with van der Waals surface area (Å²) in [4.78, 5) is 14.3. The summed E-state index contributed by atoms with van der Waals surface area (Å²) >= 11 is 0. The van der Waals surface area contributed by atoms with Gasteiger partial charge in [0.2, 0.25) is 0 Å². The van der Waals surface area contributed by atoms with Crippen LogP contribution in [0, 0.1) is 0 Å². The van der Waals surface area contributed by atoms with Gasteiger partial charge >= 0.3 is 5.97 Å². The predicted molar refractivity (Wildman–Crippen MR) is 50.7 cm³/mol. The van der Waals surface area contributed by atoms with Gasteiger partial charge < -0.3 is 5.11 Å². The maximum Gasteiger partial charge on any atom is 0.321 e. The number of hydrogen-bond donors (Lipinski definition) is 1. The topological polar surface area (TPSA) is 102 Å². The van der Waals surface area contributed by atoms with Crippen molar-refractivity contribution in [3.8, 4) is 0 Å². The molecule has 0 aromatic carbocycles. The van der Waals surface area contributed by atoms with E-state index in [1.54, 1.807) is 7.05 Å². The highest BCUT2D eigenvalue weighted by molar-refractivity contribution is 7.91. The van der Waals surface area contributed by atoms with E-state index in [2.05, 4.69) is 10.1 Å². The van der Waals surface area contributed by atoms with Crippen LogP contribution in [0.2, 0.25) is 0 Å². The zero-order chi connectivity index (χ0) is 11.6. The second-order valence-electron chi connectivity index (χ2n) is 3.09. The molecule has 0 fully saturated rings. The lowest BCUT2D eigenvalue weighted by molar-refractivity contribution is -0.136. The summed E-state index contributed by atoms with van der Waals surface area (Å²) in [6.45, 7) is 1.13. The average Bonchev–Trinajstić information content (AvgIpc) is 2.50. The molecule has 0 aliphatic heterocycles. The Morgan fingerprint density at radius 1 is 1.67 bits per heavy atom. The lowest BCUT2D eigenvalue weighted by atomic mass is 10.5. The molecule has 0 saturated heterocycles. The smallest absolute Gasteiger partial charge is 0.321 e. The summed E-state index contributed by atoms with van der Waals surface area (Å²) in [5.74, 6) is -1.56. The molecule has 1 heterocycles. The molecule has 0 aliphatic rings. The van der Waals surface area contributed by atoms with Crippen molar-refractivity contribution in [2.24, 2.45) is 7.05 Å². The molecule has 1 unspecified atom stereocenters. The van der Waals surface area contributed by atoms with Gasteiger partial charge in [-0.1, -0.05) is 0 Å². The van der Waals surface area contributed by atoms with Crippen LogP contribution in [-0.4, -0.2) is 39.5 Å². The first-order valence-corrected chi connectivity index (χ1v) is 5.83. The van der Waals surface area contributed by atoms with Crippen molar-refractivity contribution < 1.29 is 18.3 Å². The molecule has 1 rings (SSSR count). The number of aryl methyl sites for hydroxylation is 1. The third-order valence-corrected chi connectivity index (χ3v) is 3.96. The van der Waals surface area contributed by atoms with Crippen molar-refractivity contribution in [2.45, 2.75) is 17.9 Å². The van der Waals surface area contributed by atoms with Gasteiger partial charge in [0.05, 0.1) is 0 Å². The maximum absolute atomic E-state index is 11.5. The third-order valence-electron chi connectivity index (χ3n) is 2.02. The molecule has 0 radical (unpaired) electrons. The third kappa shape index (κ3) is 2.52. The first kappa shape index (κ1) is 11.6. The number of carboxylic acid groups (broad SMARTS) is 1. The highest BCUT2D eigenvalue weighted by Gasteiger charge is 2.29. The number of carbonyl (C=O) groups is 1. The van der Waals surface area contributed by atoms with Crippen molar-refractivity contribution >= 4 is 15.8 Å². The number of rotatable bonds is 4. The predicted octanol–water partition coefficient (Wildman–Crippen LogP) is -0.797. The Morgan fingerprint density at radius 3 is 2.67 bits per heavy atom. The minimum absolute atomic E-state index is 0.225. The average molecular weight is 233 g/mol. The maximum atomic E-state index is 11.5. The molecule has 84 valence electrons. The van der Waals surface area contributed by atoms with Gasteiger partial charge in [-0.25, -0.2) is 13.4 Å². The van der Waals surface area contributed by atoms with Crippen molar-refractivity contribution in [1.29, 1.82) is 0 Å².